The third-order valence-corrected chi connectivity index (χ3v) is 4.97. The molecule has 6 heteroatoms. The molecule has 2 aromatic carbocycles. The molecule has 0 aromatic heterocycles. The summed E-state index contributed by atoms with van der Waals surface area (Å²) in [5, 5.41) is 5.67. The Kier molecular flexibility index (Phi) is 5.42. The molecule has 2 N–H and O–H groups in total. The zero-order chi connectivity index (χ0) is 18.7. The molecule has 0 saturated carbocycles. The number of amides is 2. The van der Waals surface area contributed by atoms with Gasteiger partial charge in [0, 0.05) is 12.1 Å². The molecular formula is C20H21N3O2S. The van der Waals surface area contributed by atoms with Crippen molar-refractivity contribution >= 4 is 40.1 Å². The molecule has 3 rings (SSSR count). The van der Waals surface area contributed by atoms with E-state index in [0.717, 1.165) is 28.1 Å². The van der Waals surface area contributed by atoms with E-state index in [1.165, 1.54) is 11.8 Å². The van der Waals surface area contributed by atoms with Crippen molar-refractivity contribution in [2.75, 3.05) is 5.32 Å². The number of thioether (sulfide) groups is 1. The predicted molar refractivity (Wildman–Crippen MR) is 107 cm³/mol. The highest BCUT2D eigenvalue weighted by molar-refractivity contribution is 8.15. The fourth-order valence-corrected chi connectivity index (χ4v) is 3.82. The Balaban J connectivity index is 1.64. The molecular weight excluding hydrogens is 346 g/mol. The van der Waals surface area contributed by atoms with E-state index in [4.69, 9.17) is 0 Å². The van der Waals surface area contributed by atoms with Crippen molar-refractivity contribution in [2.45, 2.75) is 32.4 Å². The summed E-state index contributed by atoms with van der Waals surface area (Å²) in [5.41, 5.74) is 4.84. The second kappa shape index (κ2) is 7.74. The summed E-state index contributed by atoms with van der Waals surface area (Å²) in [6.45, 7) is 5.98. The topological polar surface area (TPSA) is 70.6 Å². The summed E-state index contributed by atoms with van der Waals surface area (Å²) in [4.78, 5) is 28.9. The number of hydrogen-bond donors (Lipinski definition) is 2. The van der Waals surface area contributed by atoms with E-state index in [1.807, 2.05) is 57.2 Å². The van der Waals surface area contributed by atoms with Crippen molar-refractivity contribution in [3.8, 4) is 0 Å². The number of hydrogen-bond acceptors (Lipinski definition) is 4. The molecule has 0 unspecified atom stereocenters. The molecule has 0 spiro atoms. The molecule has 0 radical (unpaired) electrons. The molecule has 134 valence electrons. The van der Waals surface area contributed by atoms with Gasteiger partial charge in [0.15, 0.2) is 5.17 Å². The number of carbonyl (C=O) groups is 2. The lowest BCUT2D eigenvalue weighted by atomic mass is 10.1. The summed E-state index contributed by atoms with van der Waals surface area (Å²) in [7, 11) is 0. The van der Waals surface area contributed by atoms with Crippen molar-refractivity contribution in [1.82, 2.24) is 5.32 Å². The van der Waals surface area contributed by atoms with E-state index in [0.29, 0.717) is 5.17 Å². The predicted octanol–water partition coefficient (Wildman–Crippen LogP) is 3.86. The fraction of sp³-hybridized carbons (Fsp3) is 0.250. The van der Waals surface area contributed by atoms with Crippen LogP contribution >= 0.6 is 11.8 Å². The van der Waals surface area contributed by atoms with Gasteiger partial charge in [-0.15, -0.1) is 0 Å². The number of amidine groups is 1. The Labute approximate surface area is 157 Å². The van der Waals surface area contributed by atoms with Gasteiger partial charge in [-0.25, -0.2) is 4.99 Å². The van der Waals surface area contributed by atoms with E-state index < -0.39 is 5.25 Å². The van der Waals surface area contributed by atoms with Gasteiger partial charge in [0.05, 0.1) is 5.69 Å². The summed E-state index contributed by atoms with van der Waals surface area (Å²) < 4.78 is 0. The minimum atomic E-state index is -0.468. The first-order valence-corrected chi connectivity index (χ1v) is 9.28. The van der Waals surface area contributed by atoms with E-state index in [-0.39, 0.29) is 18.2 Å². The maximum Gasteiger partial charge on any atom is 0.240 e. The highest BCUT2D eigenvalue weighted by Crippen LogP contribution is 2.26. The van der Waals surface area contributed by atoms with Gasteiger partial charge in [-0.2, -0.15) is 0 Å². The Morgan fingerprint density at radius 3 is 2.54 bits per heavy atom. The zero-order valence-corrected chi connectivity index (χ0v) is 15.8. The van der Waals surface area contributed by atoms with Gasteiger partial charge in [-0.1, -0.05) is 30.0 Å². The summed E-state index contributed by atoms with van der Waals surface area (Å²) >= 11 is 1.30. The highest BCUT2D eigenvalue weighted by atomic mass is 32.2. The Morgan fingerprint density at radius 2 is 1.85 bits per heavy atom. The average molecular weight is 367 g/mol. The third kappa shape index (κ3) is 4.73. The smallest absolute Gasteiger partial charge is 0.240 e. The largest absolute Gasteiger partial charge is 0.326 e. The maximum absolute atomic E-state index is 12.2. The Bertz CT molecular complexity index is 872. The summed E-state index contributed by atoms with van der Waals surface area (Å²) in [5.74, 6) is -0.367. The van der Waals surface area contributed by atoms with Crippen LogP contribution in [0.2, 0.25) is 0 Å². The van der Waals surface area contributed by atoms with Crippen LogP contribution in [0.1, 0.15) is 23.1 Å². The maximum atomic E-state index is 12.2. The number of benzene rings is 2. The number of nitrogens with one attached hydrogen (secondary N) is 2. The molecule has 1 fully saturated rings. The van der Waals surface area contributed by atoms with Crippen LogP contribution in [-0.4, -0.2) is 22.2 Å². The van der Waals surface area contributed by atoms with Crippen LogP contribution in [0, 0.1) is 20.8 Å². The zero-order valence-electron chi connectivity index (χ0n) is 15.0. The fourth-order valence-electron chi connectivity index (χ4n) is 2.83. The number of carbonyl (C=O) groups excluding carboxylic acids is 2. The quantitative estimate of drug-likeness (QED) is 0.862. The Morgan fingerprint density at radius 1 is 1.12 bits per heavy atom. The SMILES string of the molecule is Cc1cc(C)cc(N=C2NC(=O)[C@H](CC(=O)Nc3cccc(C)c3)S2)c1. The van der Waals surface area contributed by atoms with Crippen LogP contribution in [0.15, 0.2) is 47.5 Å². The molecule has 1 aliphatic heterocycles. The third-order valence-electron chi connectivity index (χ3n) is 3.89. The number of aryl methyl sites for hydroxylation is 3. The molecule has 0 bridgehead atoms. The van der Waals surface area contributed by atoms with Gasteiger partial charge in [-0.05, 0) is 61.7 Å². The minimum Gasteiger partial charge on any atom is -0.326 e. The van der Waals surface area contributed by atoms with Crippen molar-refractivity contribution in [3.05, 3.63) is 59.2 Å². The molecule has 1 heterocycles. The second-order valence-corrected chi connectivity index (χ2v) is 7.67. The first kappa shape index (κ1) is 18.2. The molecule has 5 nitrogen and oxygen atoms in total. The minimum absolute atomic E-state index is 0.107. The van der Waals surface area contributed by atoms with Crippen molar-refractivity contribution in [1.29, 1.82) is 0 Å². The van der Waals surface area contributed by atoms with E-state index in [9.17, 15) is 9.59 Å². The van der Waals surface area contributed by atoms with Crippen LogP contribution in [0.3, 0.4) is 0 Å². The molecule has 0 aliphatic carbocycles. The van der Waals surface area contributed by atoms with Gasteiger partial charge >= 0.3 is 0 Å². The summed E-state index contributed by atoms with van der Waals surface area (Å²) in [6.07, 6.45) is 0.107. The van der Waals surface area contributed by atoms with Crippen LogP contribution < -0.4 is 10.6 Å². The molecule has 26 heavy (non-hydrogen) atoms. The standard InChI is InChI=1S/C20H21N3O2S/c1-12-5-4-6-15(8-12)21-18(24)11-17-19(25)23-20(26-17)22-16-9-13(2)7-14(3)10-16/h4-10,17H,11H2,1-3H3,(H,21,24)(H,22,23,25)/t17-/m0/s1. The Hall–Kier alpha value is -2.60. The number of rotatable bonds is 4. The summed E-state index contributed by atoms with van der Waals surface area (Å²) in [6, 6.07) is 13.6. The molecule has 1 aliphatic rings. The van der Waals surface area contributed by atoms with Gasteiger partial charge in [0.2, 0.25) is 11.8 Å². The monoisotopic (exact) mass is 367 g/mol. The van der Waals surface area contributed by atoms with Crippen LogP contribution in [0.4, 0.5) is 11.4 Å². The molecule has 2 amide bonds. The molecule has 1 saturated heterocycles. The van der Waals surface area contributed by atoms with E-state index >= 15 is 0 Å². The van der Waals surface area contributed by atoms with Crippen molar-refractivity contribution in [3.63, 3.8) is 0 Å². The first-order valence-electron chi connectivity index (χ1n) is 8.40. The van der Waals surface area contributed by atoms with Gasteiger partial charge in [0.25, 0.3) is 0 Å². The lowest BCUT2D eigenvalue weighted by Gasteiger charge is -2.08. The van der Waals surface area contributed by atoms with Crippen LogP contribution in [0.25, 0.3) is 0 Å². The molecule has 1 atom stereocenters. The van der Waals surface area contributed by atoms with E-state index in [1.54, 1.807) is 0 Å². The lowest BCUT2D eigenvalue weighted by molar-refractivity contribution is -0.122. The average Bonchev–Trinajstić information content (AvgIpc) is 2.85. The van der Waals surface area contributed by atoms with Crippen molar-refractivity contribution in [2.24, 2.45) is 4.99 Å². The number of anilines is 1. The van der Waals surface area contributed by atoms with E-state index in [2.05, 4.69) is 21.7 Å². The second-order valence-electron chi connectivity index (χ2n) is 6.48. The highest BCUT2D eigenvalue weighted by Gasteiger charge is 2.32. The molecule has 2 aromatic rings. The van der Waals surface area contributed by atoms with Crippen LogP contribution in [0.5, 0.6) is 0 Å². The first-order chi connectivity index (χ1) is 12.4. The van der Waals surface area contributed by atoms with Gasteiger partial charge < -0.3 is 10.6 Å². The normalized spacial score (nSPS) is 18.0. The van der Waals surface area contributed by atoms with Gasteiger partial charge in [0.1, 0.15) is 5.25 Å². The lowest BCUT2D eigenvalue weighted by Crippen LogP contribution is -2.28. The number of nitrogens with zero attached hydrogens (tertiary/aromatic N) is 1. The van der Waals surface area contributed by atoms with Crippen molar-refractivity contribution < 1.29 is 9.59 Å². The van der Waals surface area contributed by atoms with Gasteiger partial charge in [-0.3, -0.25) is 9.59 Å². The van der Waals surface area contributed by atoms with Crippen LogP contribution in [-0.2, 0) is 9.59 Å². The number of aliphatic imine (C=N–C) groups is 1.